The van der Waals surface area contributed by atoms with Crippen molar-refractivity contribution in [2.24, 2.45) is 29.6 Å². The van der Waals surface area contributed by atoms with Gasteiger partial charge < -0.3 is 77.3 Å². The summed E-state index contributed by atoms with van der Waals surface area (Å²) in [6.07, 6.45) is -0.902. The molecule has 64 heavy (non-hydrogen) atoms. The third kappa shape index (κ3) is 8.87. The van der Waals surface area contributed by atoms with Crippen molar-refractivity contribution in [3.05, 3.63) is 0 Å². The van der Waals surface area contributed by atoms with Gasteiger partial charge in [-0.3, -0.25) is 0 Å². The number of carboxylic acids is 1. The van der Waals surface area contributed by atoms with E-state index in [2.05, 4.69) is 27.7 Å². The van der Waals surface area contributed by atoms with Gasteiger partial charge in [-0.15, -0.1) is 0 Å². The van der Waals surface area contributed by atoms with Gasteiger partial charge in [0.05, 0.1) is 78.8 Å². The highest BCUT2D eigenvalue weighted by Gasteiger charge is 2.66. The molecule has 0 bridgehead atoms. The summed E-state index contributed by atoms with van der Waals surface area (Å²) in [6, 6.07) is 0. The van der Waals surface area contributed by atoms with Crippen LogP contribution < -0.4 is 0 Å². The lowest BCUT2D eigenvalue weighted by molar-refractivity contribution is -0.389. The summed E-state index contributed by atoms with van der Waals surface area (Å²) >= 11 is 0. The van der Waals surface area contributed by atoms with E-state index in [1.165, 1.54) is 14.2 Å². The van der Waals surface area contributed by atoms with E-state index in [1.807, 2.05) is 13.8 Å². The van der Waals surface area contributed by atoms with Gasteiger partial charge in [-0.2, -0.15) is 0 Å². The number of ether oxygens (including phenoxy) is 12. The molecule has 1 spiro atoms. The Bertz CT molecular complexity index is 1600. The lowest BCUT2D eigenvalue weighted by atomic mass is 9.73. The number of carbonyl (C=O) groups is 1. The largest absolute Gasteiger partial charge is 0.479 e. The van der Waals surface area contributed by atoms with Crippen LogP contribution in [-0.2, 0) is 61.6 Å². The van der Waals surface area contributed by atoms with Crippen molar-refractivity contribution in [2.75, 3.05) is 28.4 Å². The average Bonchev–Trinajstić information content (AvgIpc) is 4.00. The van der Waals surface area contributed by atoms with E-state index in [0.717, 1.165) is 32.1 Å². The fraction of sp³-hybridized carbons (Fsp3) is 0.979. The monoisotopic (exact) mass is 917 g/mol. The van der Waals surface area contributed by atoms with Crippen LogP contribution in [0.25, 0.3) is 0 Å². The van der Waals surface area contributed by atoms with E-state index in [4.69, 9.17) is 56.8 Å². The van der Waals surface area contributed by atoms with Gasteiger partial charge in [0.15, 0.2) is 17.9 Å². The zero-order valence-electron chi connectivity index (χ0n) is 40.4. The molecule has 4 N–H and O–H groups in total. The predicted molar refractivity (Wildman–Crippen MR) is 228 cm³/mol. The maximum Gasteiger partial charge on any atom is 0.338 e. The second-order valence-corrected chi connectivity index (χ2v) is 21.0. The Balaban J connectivity index is 1.02. The molecular weight excluding hydrogens is 837 g/mol. The van der Waals surface area contributed by atoms with Crippen molar-refractivity contribution < 1.29 is 82.1 Å². The third-order valence-corrected chi connectivity index (χ3v) is 17.1. The van der Waals surface area contributed by atoms with Crippen LogP contribution in [0, 0.1) is 29.6 Å². The molecule has 7 aliphatic heterocycles. The number of carboxylic acid groups (broad SMARTS) is 1. The summed E-state index contributed by atoms with van der Waals surface area (Å²) in [5, 5.41) is 43.7. The molecule has 0 aromatic heterocycles. The molecule has 0 aromatic carbocycles. The molecule has 0 saturated carbocycles. The van der Waals surface area contributed by atoms with Crippen LogP contribution in [-0.4, -0.2) is 169 Å². The average molecular weight is 917 g/mol. The van der Waals surface area contributed by atoms with Crippen molar-refractivity contribution >= 4 is 5.97 Å². The van der Waals surface area contributed by atoms with Crippen molar-refractivity contribution in [3.8, 4) is 0 Å². The minimum atomic E-state index is -2.47. The van der Waals surface area contributed by atoms with E-state index in [0.29, 0.717) is 19.3 Å². The number of aliphatic hydroxyl groups excluding tert-OH is 1. The Morgan fingerprint density at radius 3 is 2.03 bits per heavy atom. The summed E-state index contributed by atoms with van der Waals surface area (Å²) < 4.78 is 77.2. The second-order valence-electron chi connectivity index (χ2n) is 21.0. The molecule has 24 atom stereocenters. The van der Waals surface area contributed by atoms with Gasteiger partial charge in [0, 0.05) is 77.3 Å². The molecule has 0 radical (unpaired) electrons. The van der Waals surface area contributed by atoms with Crippen LogP contribution in [0.3, 0.4) is 0 Å². The lowest BCUT2D eigenvalue weighted by Crippen LogP contribution is -2.72. The number of methoxy groups -OCH3 is 4. The highest BCUT2D eigenvalue weighted by atomic mass is 16.7. The van der Waals surface area contributed by atoms with Crippen molar-refractivity contribution in [1.82, 2.24) is 0 Å². The minimum absolute atomic E-state index is 0.0271. The molecule has 7 heterocycles. The normalized spacial score (nSPS) is 54.1. The number of aliphatic hydroxyl groups is 3. The molecule has 7 aliphatic rings. The van der Waals surface area contributed by atoms with Gasteiger partial charge in [0.1, 0.15) is 5.60 Å². The van der Waals surface area contributed by atoms with Crippen LogP contribution in [0.5, 0.6) is 0 Å². The number of hydrogen-bond acceptors (Lipinski definition) is 16. The van der Waals surface area contributed by atoms with Crippen molar-refractivity contribution in [2.45, 2.75) is 234 Å². The van der Waals surface area contributed by atoms with Gasteiger partial charge in [-0.05, 0) is 66.2 Å². The van der Waals surface area contributed by atoms with Crippen molar-refractivity contribution in [1.29, 1.82) is 0 Å². The van der Waals surface area contributed by atoms with E-state index >= 15 is 0 Å². The topological polar surface area (TPSA) is 209 Å². The molecule has 7 rings (SSSR count). The molecule has 17 heteroatoms. The number of hydrogen-bond donors (Lipinski definition) is 4. The molecular formula is C47H80O17. The van der Waals surface area contributed by atoms with Crippen LogP contribution in [0.15, 0.2) is 0 Å². The molecule has 370 valence electrons. The summed E-state index contributed by atoms with van der Waals surface area (Å²) in [5.41, 5.74) is -1.87. The SMILES string of the molecule is CO[C@H]1CC[C@H](O[C@H]2[C@H](C)[C@@H]([C@H]3CC[C@H]([C@@H]4CC[C@H]([C@]5(C)C[C@@H](C)[C@@]6(O[C@H](C[C@@H]7O[C@](O)([C@@H](O)C(=O)O)[C@@H](C)[C@H](OC)[C@@]7(C)OC)C[C@@H](OC)[C@H]6C)O5)O4)O3)O[C@](C)(O)[C@@H]2C)O[C@@H]1C. The molecule has 0 aromatic rings. The Morgan fingerprint density at radius 1 is 0.750 bits per heavy atom. The minimum Gasteiger partial charge on any atom is -0.479 e. The zero-order chi connectivity index (χ0) is 46.9. The lowest BCUT2D eigenvalue weighted by Gasteiger charge is -2.56. The fourth-order valence-electron chi connectivity index (χ4n) is 13.0. The van der Waals surface area contributed by atoms with E-state index in [1.54, 1.807) is 35.0 Å². The van der Waals surface area contributed by atoms with Crippen molar-refractivity contribution in [3.63, 3.8) is 0 Å². The maximum atomic E-state index is 12.0. The first-order valence-electron chi connectivity index (χ1n) is 23.9. The molecule has 7 fully saturated rings. The Labute approximate surface area is 379 Å². The standard InChI is InChI=1S/C47H80O17/c1-23-22-43(7,64-47(23)25(3)34(54-11)20-29(61-47)21-36-44(8,56-13)41(55-12)27(5)46(52,62-36)40(48)42(49)50)35-18-16-32(59-35)31-14-15-33(58-31)39-24(2)38(26(4)45(9,51)63-39)60-37-19-17-30(53-10)28(6)57-37/h23-41,48,51-52H,14-22H2,1-13H3,(H,49,50)/t23-,24+,25-,26-,27+,28-,29+,30+,31-,32+,33-,34-,35-,36+,37+,38+,39+,40+,41+,43+,44+,45+,46+,47-/m1/s1. The number of rotatable bonds is 13. The number of aliphatic carboxylic acids is 1. The van der Waals surface area contributed by atoms with Gasteiger partial charge >= 0.3 is 5.97 Å². The quantitative estimate of drug-likeness (QED) is 0.203. The van der Waals surface area contributed by atoms with E-state index < -0.39 is 77.3 Å². The Hall–Kier alpha value is -1.13. The maximum absolute atomic E-state index is 12.0. The first-order chi connectivity index (χ1) is 30.0. The van der Waals surface area contributed by atoms with Crippen LogP contribution in [0.1, 0.15) is 120 Å². The van der Waals surface area contributed by atoms with E-state index in [-0.39, 0.29) is 78.9 Å². The summed E-state index contributed by atoms with van der Waals surface area (Å²) in [6.45, 7) is 17.5. The highest BCUT2D eigenvalue weighted by molar-refractivity contribution is 5.73. The first-order valence-corrected chi connectivity index (χ1v) is 23.9. The molecule has 0 aliphatic carbocycles. The Kier molecular flexibility index (Phi) is 15.1. The van der Waals surface area contributed by atoms with Crippen LogP contribution in [0.2, 0.25) is 0 Å². The zero-order valence-corrected chi connectivity index (χ0v) is 40.4. The van der Waals surface area contributed by atoms with E-state index in [9.17, 15) is 25.2 Å². The van der Waals surface area contributed by atoms with Gasteiger partial charge in [0.25, 0.3) is 0 Å². The molecule has 7 saturated heterocycles. The molecule has 0 unspecified atom stereocenters. The molecule has 0 amide bonds. The summed E-state index contributed by atoms with van der Waals surface area (Å²) in [5.74, 6) is -8.20. The summed E-state index contributed by atoms with van der Waals surface area (Å²) in [4.78, 5) is 12.0. The van der Waals surface area contributed by atoms with Crippen LogP contribution >= 0.6 is 0 Å². The predicted octanol–water partition coefficient (Wildman–Crippen LogP) is 4.32. The highest BCUT2D eigenvalue weighted by Crippen LogP contribution is 2.56. The first kappa shape index (κ1) is 50.7. The Morgan fingerprint density at radius 2 is 1.41 bits per heavy atom. The smallest absolute Gasteiger partial charge is 0.338 e. The van der Waals surface area contributed by atoms with Gasteiger partial charge in [-0.25, -0.2) is 4.79 Å². The van der Waals surface area contributed by atoms with Gasteiger partial charge in [-0.1, -0.05) is 34.6 Å². The molecule has 17 nitrogen and oxygen atoms in total. The van der Waals surface area contributed by atoms with Gasteiger partial charge in [0.2, 0.25) is 11.9 Å². The fourth-order valence-corrected chi connectivity index (χ4v) is 13.0. The third-order valence-electron chi connectivity index (χ3n) is 17.1. The van der Waals surface area contributed by atoms with Crippen LogP contribution in [0.4, 0.5) is 0 Å². The second kappa shape index (κ2) is 19.0. The summed E-state index contributed by atoms with van der Waals surface area (Å²) in [7, 11) is 6.35.